The van der Waals surface area contributed by atoms with E-state index in [0.29, 0.717) is 11.4 Å². The van der Waals surface area contributed by atoms with E-state index in [4.69, 9.17) is 11.6 Å². The molecule has 148 valence electrons. The highest BCUT2D eigenvalue weighted by atomic mass is 35.5. The second-order valence-corrected chi connectivity index (χ2v) is 8.74. The Bertz CT molecular complexity index is 1020. The smallest absolute Gasteiger partial charge is 0.241 e. The number of hydrogen-bond donors (Lipinski definition) is 2. The van der Waals surface area contributed by atoms with Crippen molar-refractivity contribution in [1.29, 1.82) is 0 Å². The van der Waals surface area contributed by atoms with Crippen LogP contribution in [0.1, 0.15) is 42.4 Å². The lowest BCUT2D eigenvalue weighted by Crippen LogP contribution is -2.31. The van der Waals surface area contributed by atoms with Crippen LogP contribution < -0.4 is 4.72 Å². The Morgan fingerprint density at radius 3 is 2.32 bits per heavy atom. The highest BCUT2D eigenvalue weighted by Gasteiger charge is 2.26. The predicted octanol–water partition coefficient (Wildman–Crippen LogP) is 4.45. The van der Waals surface area contributed by atoms with Crippen molar-refractivity contribution in [2.75, 3.05) is 0 Å². The van der Waals surface area contributed by atoms with E-state index in [9.17, 15) is 8.42 Å². The Kier molecular flexibility index (Phi) is 6.54. The zero-order valence-corrected chi connectivity index (χ0v) is 17.5. The third-order valence-corrected chi connectivity index (χ3v) is 6.47. The van der Waals surface area contributed by atoms with Gasteiger partial charge in [0.1, 0.15) is 0 Å². The lowest BCUT2D eigenvalue weighted by molar-refractivity contribution is 0.548. The van der Waals surface area contributed by atoms with Gasteiger partial charge in [-0.2, -0.15) is 5.10 Å². The number of nitrogens with one attached hydrogen (secondary N) is 2. The molecule has 1 atom stereocenters. The highest BCUT2D eigenvalue weighted by Crippen LogP contribution is 2.26. The molecule has 28 heavy (non-hydrogen) atoms. The van der Waals surface area contributed by atoms with E-state index < -0.39 is 16.1 Å². The Hall–Kier alpha value is -2.15. The van der Waals surface area contributed by atoms with E-state index in [1.54, 1.807) is 12.1 Å². The molecule has 0 amide bonds. The van der Waals surface area contributed by atoms with E-state index in [1.807, 2.05) is 30.3 Å². The summed E-state index contributed by atoms with van der Waals surface area (Å²) in [6.45, 7) is 4.11. The number of benzene rings is 2. The average molecular weight is 418 g/mol. The molecule has 0 radical (unpaired) electrons. The number of aryl methyl sites for hydroxylation is 1. The van der Waals surface area contributed by atoms with Crippen LogP contribution in [-0.4, -0.2) is 18.6 Å². The molecule has 0 aliphatic rings. The van der Waals surface area contributed by atoms with E-state index in [2.05, 4.69) is 28.8 Å². The molecule has 0 aliphatic heterocycles. The van der Waals surface area contributed by atoms with Gasteiger partial charge in [0.05, 0.1) is 16.6 Å². The Balaban J connectivity index is 1.99. The number of halogens is 1. The van der Waals surface area contributed by atoms with Gasteiger partial charge in [-0.1, -0.05) is 55.8 Å². The van der Waals surface area contributed by atoms with E-state index in [0.717, 1.165) is 35.4 Å². The van der Waals surface area contributed by atoms with Gasteiger partial charge >= 0.3 is 0 Å². The van der Waals surface area contributed by atoms with E-state index in [1.165, 1.54) is 12.1 Å². The fraction of sp³-hybridized carbons (Fsp3) is 0.286. The maximum atomic E-state index is 13.0. The van der Waals surface area contributed by atoms with E-state index >= 15 is 0 Å². The largest absolute Gasteiger partial charge is 0.282 e. The first-order chi connectivity index (χ1) is 13.4. The van der Waals surface area contributed by atoms with Crippen LogP contribution in [0.2, 0.25) is 5.02 Å². The normalized spacial score (nSPS) is 12.8. The van der Waals surface area contributed by atoms with Gasteiger partial charge < -0.3 is 0 Å². The van der Waals surface area contributed by atoms with Gasteiger partial charge in [0, 0.05) is 10.7 Å². The highest BCUT2D eigenvalue weighted by molar-refractivity contribution is 7.89. The van der Waals surface area contributed by atoms with Gasteiger partial charge in [-0.15, -0.1) is 0 Å². The summed E-state index contributed by atoms with van der Waals surface area (Å²) in [4.78, 5) is 0.180. The van der Waals surface area contributed by atoms with Crippen LogP contribution in [0.25, 0.3) is 0 Å². The van der Waals surface area contributed by atoms with Crippen LogP contribution in [0.5, 0.6) is 0 Å². The molecule has 2 aromatic carbocycles. The van der Waals surface area contributed by atoms with Gasteiger partial charge in [0.15, 0.2) is 0 Å². The standard InChI is InChI=1S/C21H24ClN3O2S/c1-3-18-19(4-2)23-24-21(18)20(14-15-8-6-5-7-9-15)25-28(26,27)17-12-10-16(22)11-13-17/h5-13,20,25H,3-4,14H2,1-2H3,(H,23,24). The number of aromatic amines is 1. The predicted molar refractivity (Wildman–Crippen MR) is 112 cm³/mol. The second kappa shape index (κ2) is 8.90. The number of H-pyrrole nitrogens is 1. The molecule has 1 unspecified atom stereocenters. The minimum absolute atomic E-state index is 0.180. The van der Waals surface area contributed by atoms with Crippen molar-refractivity contribution in [3.05, 3.63) is 82.1 Å². The molecule has 0 aliphatic carbocycles. The Labute approximate surface area is 171 Å². The molecule has 0 fully saturated rings. The molecule has 7 heteroatoms. The number of sulfonamides is 1. The van der Waals surface area contributed by atoms with Crippen molar-refractivity contribution in [1.82, 2.24) is 14.9 Å². The minimum atomic E-state index is -3.73. The van der Waals surface area contributed by atoms with Crippen LogP contribution >= 0.6 is 11.6 Å². The maximum Gasteiger partial charge on any atom is 0.241 e. The van der Waals surface area contributed by atoms with Crippen LogP contribution in [0.3, 0.4) is 0 Å². The van der Waals surface area contributed by atoms with Gasteiger partial charge in [0.2, 0.25) is 10.0 Å². The van der Waals surface area contributed by atoms with Crippen LogP contribution in [-0.2, 0) is 29.3 Å². The summed E-state index contributed by atoms with van der Waals surface area (Å²) in [6.07, 6.45) is 2.11. The van der Waals surface area contributed by atoms with Crippen molar-refractivity contribution in [2.24, 2.45) is 0 Å². The fourth-order valence-corrected chi connectivity index (χ4v) is 4.63. The van der Waals surface area contributed by atoms with E-state index in [-0.39, 0.29) is 4.90 Å². The summed E-state index contributed by atoms with van der Waals surface area (Å²) in [5.41, 5.74) is 3.90. The summed E-state index contributed by atoms with van der Waals surface area (Å²) in [6, 6.07) is 15.5. The molecule has 1 aromatic heterocycles. The van der Waals surface area contributed by atoms with Crippen molar-refractivity contribution in [3.8, 4) is 0 Å². The molecule has 0 saturated heterocycles. The summed E-state index contributed by atoms with van der Waals surface area (Å²) in [7, 11) is -3.73. The summed E-state index contributed by atoms with van der Waals surface area (Å²) < 4.78 is 28.9. The van der Waals surface area contributed by atoms with Gasteiger partial charge in [-0.3, -0.25) is 5.10 Å². The fourth-order valence-electron chi connectivity index (χ4n) is 3.31. The van der Waals surface area contributed by atoms with Crippen molar-refractivity contribution in [2.45, 2.75) is 44.0 Å². The molecule has 2 N–H and O–H groups in total. The summed E-state index contributed by atoms with van der Waals surface area (Å²) in [5, 5.41) is 8.04. The molecule has 3 aromatic rings. The number of rotatable bonds is 8. The molecule has 3 rings (SSSR count). The quantitative estimate of drug-likeness (QED) is 0.568. The molecule has 5 nitrogen and oxygen atoms in total. The monoisotopic (exact) mass is 417 g/mol. The van der Waals surface area contributed by atoms with Crippen LogP contribution in [0, 0.1) is 0 Å². The zero-order chi connectivity index (χ0) is 20.1. The summed E-state index contributed by atoms with van der Waals surface area (Å²) >= 11 is 5.90. The molecule has 0 bridgehead atoms. The second-order valence-electron chi connectivity index (χ2n) is 6.59. The minimum Gasteiger partial charge on any atom is -0.282 e. The number of aromatic nitrogens is 2. The molecule has 1 heterocycles. The lowest BCUT2D eigenvalue weighted by atomic mass is 9.98. The van der Waals surface area contributed by atoms with Crippen molar-refractivity contribution in [3.63, 3.8) is 0 Å². The first-order valence-corrected chi connectivity index (χ1v) is 11.2. The van der Waals surface area contributed by atoms with Gasteiger partial charge in [0.25, 0.3) is 0 Å². The first-order valence-electron chi connectivity index (χ1n) is 9.32. The van der Waals surface area contributed by atoms with Crippen LogP contribution in [0.4, 0.5) is 0 Å². The third kappa shape index (κ3) is 4.63. The molecular formula is C21H24ClN3O2S. The molecule has 0 spiro atoms. The average Bonchev–Trinajstić information content (AvgIpc) is 3.11. The summed E-state index contributed by atoms with van der Waals surface area (Å²) in [5.74, 6) is 0. The SMILES string of the molecule is CCc1[nH]nc(C(Cc2ccccc2)NS(=O)(=O)c2ccc(Cl)cc2)c1CC. The van der Waals surface area contributed by atoms with Crippen molar-refractivity contribution < 1.29 is 8.42 Å². The lowest BCUT2D eigenvalue weighted by Gasteiger charge is -2.19. The van der Waals surface area contributed by atoms with Gasteiger partial charge in [-0.05, 0) is 54.7 Å². The molecule has 0 saturated carbocycles. The van der Waals surface area contributed by atoms with Crippen LogP contribution in [0.15, 0.2) is 59.5 Å². The Morgan fingerprint density at radius 2 is 1.71 bits per heavy atom. The number of nitrogens with zero attached hydrogens (tertiary/aromatic N) is 1. The third-order valence-electron chi connectivity index (χ3n) is 4.73. The zero-order valence-electron chi connectivity index (χ0n) is 15.9. The Morgan fingerprint density at radius 1 is 1.04 bits per heavy atom. The van der Waals surface area contributed by atoms with Gasteiger partial charge in [-0.25, -0.2) is 13.1 Å². The number of hydrogen-bond acceptors (Lipinski definition) is 3. The van der Waals surface area contributed by atoms with Crippen molar-refractivity contribution >= 4 is 21.6 Å². The topological polar surface area (TPSA) is 74.8 Å². The maximum absolute atomic E-state index is 13.0. The molecular weight excluding hydrogens is 394 g/mol. The first kappa shape index (κ1) is 20.6.